The lowest BCUT2D eigenvalue weighted by Gasteiger charge is -2.38. The summed E-state index contributed by atoms with van der Waals surface area (Å²) in [5.41, 5.74) is 12.0. The highest BCUT2D eigenvalue weighted by atomic mass is 32.2. The van der Waals surface area contributed by atoms with Gasteiger partial charge < -0.3 is 22.1 Å². The molecule has 17 heteroatoms. The van der Waals surface area contributed by atoms with E-state index in [4.69, 9.17) is 11.5 Å². The molecule has 2 aromatic carbocycles. The number of aliphatic imine (C=N–C) groups is 1. The molecule has 0 unspecified atom stereocenters. The molecule has 4 rings (SSSR count). The average molecular weight is 608 g/mol. The van der Waals surface area contributed by atoms with Crippen molar-refractivity contribution in [2.24, 2.45) is 16.5 Å². The second-order valence-corrected chi connectivity index (χ2v) is 11.2. The predicted molar refractivity (Wildman–Crippen MR) is 148 cm³/mol. The van der Waals surface area contributed by atoms with Crippen LogP contribution in [-0.4, -0.2) is 66.9 Å². The van der Waals surface area contributed by atoms with Gasteiger partial charge in [-0.1, -0.05) is 24.3 Å². The van der Waals surface area contributed by atoms with Crippen LogP contribution >= 0.6 is 0 Å². The minimum absolute atomic E-state index is 0.0582. The fourth-order valence-electron chi connectivity index (χ4n) is 4.01. The second-order valence-electron chi connectivity index (χ2n) is 9.32. The van der Waals surface area contributed by atoms with Gasteiger partial charge in [0.05, 0.1) is 11.6 Å². The fourth-order valence-corrected chi connectivity index (χ4v) is 5.60. The Balaban J connectivity index is 1.26. The van der Waals surface area contributed by atoms with E-state index in [-0.39, 0.29) is 42.7 Å². The smallest absolute Gasteiger partial charge is 0.321 e. The second kappa shape index (κ2) is 13.0. The van der Waals surface area contributed by atoms with Gasteiger partial charge in [-0.2, -0.15) is 4.31 Å². The van der Waals surface area contributed by atoms with Gasteiger partial charge in [-0.25, -0.2) is 31.4 Å². The van der Waals surface area contributed by atoms with Crippen LogP contribution in [0, 0.1) is 17.5 Å². The number of hydrogen-bond donors (Lipinski definition) is 6. The van der Waals surface area contributed by atoms with Crippen molar-refractivity contribution in [3.63, 3.8) is 0 Å². The number of sulfonamides is 1. The van der Waals surface area contributed by atoms with Gasteiger partial charge in [0.15, 0.2) is 17.6 Å². The third kappa shape index (κ3) is 7.42. The molecule has 13 nitrogen and oxygen atoms in total. The first-order valence-corrected chi connectivity index (χ1v) is 14.0. The topological polar surface area (TPSA) is 201 Å². The molecule has 1 saturated heterocycles. The lowest BCUT2D eigenvalue weighted by atomic mass is 10.1. The molecule has 42 heavy (non-hydrogen) atoms. The number of rotatable bonds is 11. The van der Waals surface area contributed by atoms with Crippen molar-refractivity contribution < 1.29 is 26.4 Å². The quantitative estimate of drug-likeness (QED) is 0.0795. The number of amides is 2. The number of anilines is 1. The van der Waals surface area contributed by atoms with Crippen LogP contribution in [0.25, 0.3) is 11.1 Å². The number of aromatic amines is 1. The molecule has 1 fully saturated rings. The van der Waals surface area contributed by atoms with Crippen LogP contribution in [0.2, 0.25) is 0 Å². The van der Waals surface area contributed by atoms with E-state index in [1.54, 1.807) is 12.1 Å². The molecule has 0 atom stereocenters. The number of carbonyl (C=O) groups excluding carboxylic acids is 1. The Kier molecular flexibility index (Phi) is 9.44. The molecule has 0 aliphatic carbocycles. The van der Waals surface area contributed by atoms with Crippen molar-refractivity contribution >= 4 is 28.0 Å². The van der Waals surface area contributed by atoms with Crippen molar-refractivity contribution in [2.45, 2.75) is 23.9 Å². The van der Waals surface area contributed by atoms with Crippen molar-refractivity contribution in [3.8, 4) is 11.1 Å². The Hall–Kier alpha value is -4.48. The van der Waals surface area contributed by atoms with Gasteiger partial charge in [0.2, 0.25) is 16.0 Å². The predicted octanol–water partition coefficient (Wildman–Crippen LogP) is 0.802. The van der Waals surface area contributed by atoms with Crippen molar-refractivity contribution in [1.82, 2.24) is 24.9 Å². The summed E-state index contributed by atoms with van der Waals surface area (Å²) in [6, 6.07) is 6.24. The van der Waals surface area contributed by atoms with E-state index in [1.807, 2.05) is 12.1 Å². The van der Waals surface area contributed by atoms with Crippen LogP contribution in [0.15, 0.2) is 57.3 Å². The summed E-state index contributed by atoms with van der Waals surface area (Å²) in [7, 11) is -4.45. The van der Waals surface area contributed by atoms with Crippen LogP contribution in [0.4, 0.5) is 23.9 Å². The van der Waals surface area contributed by atoms with Crippen LogP contribution in [0.3, 0.4) is 0 Å². The standard InChI is InChI=1S/C25H28F3N9O4S/c26-18-8-20(28)21(9-19(18)27)42(40,41)37-12-16(13-37)34-25(39)36-24-33-11-17(22(38)35-24)15-4-2-14(3-5-15)10-31-6-1-7-32-23(29)30/h2-5,8-9,11,16,31H,1,6-7,10,12-13H2,(H4,29,30,32)(H3,33,34,35,36,38,39). The highest BCUT2D eigenvalue weighted by Crippen LogP contribution is 2.26. The van der Waals surface area contributed by atoms with E-state index in [9.17, 15) is 31.2 Å². The minimum atomic E-state index is -4.45. The van der Waals surface area contributed by atoms with E-state index >= 15 is 0 Å². The molecule has 3 aromatic rings. The normalized spacial score (nSPS) is 13.8. The van der Waals surface area contributed by atoms with Crippen LogP contribution < -0.4 is 33.0 Å². The molecule has 2 amide bonds. The zero-order chi connectivity index (χ0) is 30.4. The summed E-state index contributed by atoms with van der Waals surface area (Å²) in [5.74, 6) is -4.53. The van der Waals surface area contributed by atoms with Crippen molar-refractivity contribution in [1.29, 1.82) is 0 Å². The molecule has 1 aromatic heterocycles. The van der Waals surface area contributed by atoms with Gasteiger partial charge >= 0.3 is 6.03 Å². The number of aromatic nitrogens is 2. The highest BCUT2D eigenvalue weighted by Gasteiger charge is 2.39. The highest BCUT2D eigenvalue weighted by molar-refractivity contribution is 7.89. The molecular weight excluding hydrogens is 579 g/mol. The third-order valence-corrected chi connectivity index (χ3v) is 8.05. The first-order valence-electron chi connectivity index (χ1n) is 12.6. The molecule has 0 bridgehead atoms. The number of benzene rings is 2. The molecule has 1 aliphatic heterocycles. The first-order chi connectivity index (χ1) is 19.9. The molecule has 1 aliphatic rings. The number of carbonyl (C=O) groups is 1. The maximum absolute atomic E-state index is 13.9. The van der Waals surface area contributed by atoms with Crippen molar-refractivity contribution in [3.05, 3.63) is 76.0 Å². The monoisotopic (exact) mass is 607 g/mol. The van der Waals surface area contributed by atoms with Crippen molar-refractivity contribution in [2.75, 3.05) is 31.5 Å². The van der Waals surface area contributed by atoms with Gasteiger partial charge in [0, 0.05) is 38.4 Å². The summed E-state index contributed by atoms with van der Waals surface area (Å²) < 4.78 is 66.4. The summed E-state index contributed by atoms with van der Waals surface area (Å²) >= 11 is 0. The van der Waals surface area contributed by atoms with E-state index in [1.165, 1.54) is 6.20 Å². The number of nitrogens with two attached hydrogens (primary N) is 2. The van der Waals surface area contributed by atoms with E-state index in [0.717, 1.165) is 22.8 Å². The first kappa shape index (κ1) is 30.5. The number of hydrogen-bond acceptors (Lipinski definition) is 7. The molecule has 2 heterocycles. The summed E-state index contributed by atoms with van der Waals surface area (Å²) in [6.07, 6.45) is 2.08. The van der Waals surface area contributed by atoms with Crippen LogP contribution in [-0.2, 0) is 16.6 Å². The van der Waals surface area contributed by atoms with Crippen LogP contribution in [0.1, 0.15) is 12.0 Å². The molecule has 8 N–H and O–H groups in total. The van der Waals surface area contributed by atoms with Gasteiger partial charge in [-0.15, -0.1) is 0 Å². The number of urea groups is 1. The Morgan fingerprint density at radius 2 is 1.79 bits per heavy atom. The molecule has 0 radical (unpaired) electrons. The zero-order valence-corrected chi connectivity index (χ0v) is 22.8. The molecule has 0 saturated carbocycles. The summed E-state index contributed by atoms with van der Waals surface area (Å²) in [6.45, 7) is 1.39. The van der Waals surface area contributed by atoms with E-state index in [0.29, 0.717) is 18.7 Å². The van der Waals surface area contributed by atoms with E-state index in [2.05, 4.69) is 30.9 Å². The fraction of sp³-hybridized carbons (Fsp3) is 0.280. The number of guanidine groups is 1. The van der Waals surface area contributed by atoms with Gasteiger partial charge in [-0.05, 0) is 30.2 Å². The molecule has 224 valence electrons. The van der Waals surface area contributed by atoms with Gasteiger partial charge in [-0.3, -0.25) is 20.1 Å². The van der Waals surface area contributed by atoms with Gasteiger partial charge in [0.1, 0.15) is 10.7 Å². The third-order valence-electron chi connectivity index (χ3n) is 6.21. The lowest BCUT2D eigenvalue weighted by Crippen LogP contribution is -2.61. The number of nitrogens with zero attached hydrogens (tertiary/aromatic N) is 3. The number of halogens is 3. The Bertz CT molecular complexity index is 1640. The lowest BCUT2D eigenvalue weighted by molar-refractivity contribution is 0.212. The average Bonchev–Trinajstić information content (AvgIpc) is 2.90. The molecular formula is C25H28F3N9O4S. The number of nitrogens with one attached hydrogen (secondary N) is 4. The summed E-state index contributed by atoms with van der Waals surface area (Å²) in [4.78, 5) is 34.4. The minimum Gasteiger partial charge on any atom is -0.370 e. The summed E-state index contributed by atoms with van der Waals surface area (Å²) in [5, 5.41) is 8.11. The Labute approximate surface area is 238 Å². The molecule has 0 spiro atoms. The van der Waals surface area contributed by atoms with E-state index < -0.39 is 50.0 Å². The Morgan fingerprint density at radius 1 is 1.10 bits per heavy atom. The maximum atomic E-state index is 13.9. The zero-order valence-electron chi connectivity index (χ0n) is 22.0. The van der Waals surface area contributed by atoms with Gasteiger partial charge in [0.25, 0.3) is 5.56 Å². The number of H-pyrrole nitrogens is 1. The SMILES string of the molecule is NC(N)=NCCCNCc1ccc(-c2cnc(NC(=O)NC3CN(S(=O)(=O)c4cc(F)c(F)cc4F)C3)[nH]c2=O)cc1. The maximum Gasteiger partial charge on any atom is 0.321 e. The Morgan fingerprint density at radius 3 is 2.45 bits per heavy atom. The largest absolute Gasteiger partial charge is 0.370 e. The van der Waals surface area contributed by atoms with Crippen LogP contribution in [0.5, 0.6) is 0 Å².